The van der Waals surface area contributed by atoms with Crippen LogP contribution in [0.4, 0.5) is 0 Å². The summed E-state index contributed by atoms with van der Waals surface area (Å²) in [5.41, 5.74) is 0. The Kier molecular flexibility index (Phi) is 6.54. The predicted molar refractivity (Wildman–Crippen MR) is 106 cm³/mol. The van der Waals surface area contributed by atoms with Crippen molar-refractivity contribution < 1.29 is 0 Å². The molecule has 146 valence electrons. The van der Waals surface area contributed by atoms with Gasteiger partial charge in [-0.3, -0.25) is 4.99 Å². The maximum absolute atomic E-state index is 4.45. The minimum atomic E-state index is 0.447. The average molecular weight is 361 g/mol. The van der Waals surface area contributed by atoms with Gasteiger partial charge in [0, 0.05) is 32.6 Å². The van der Waals surface area contributed by atoms with E-state index in [1.807, 2.05) is 14.0 Å². The number of guanidine groups is 1. The Labute approximate surface area is 158 Å². The van der Waals surface area contributed by atoms with Crippen molar-refractivity contribution in [3.8, 4) is 0 Å². The molecule has 0 radical (unpaired) electrons. The van der Waals surface area contributed by atoms with Crippen LogP contribution in [0.3, 0.4) is 0 Å². The van der Waals surface area contributed by atoms with Crippen LogP contribution >= 0.6 is 0 Å². The molecule has 1 aromatic rings. The molecule has 2 aliphatic rings. The van der Waals surface area contributed by atoms with E-state index in [9.17, 15) is 0 Å². The van der Waals surface area contributed by atoms with E-state index in [0.717, 1.165) is 49.5 Å². The normalized spacial score (nSPS) is 24.0. The van der Waals surface area contributed by atoms with Crippen molar-refractivity contribution in [1.29, 1.82) is 0 Å². The molecule has 6 nitrogen and oxygen atoms in total. The zero-order chi connectivity index (χ0) is 18.5. The Morgan fingerprint density at radius 1 is 1.19 bits per heavy atom. The Hall–Kier alpha value is -1.59. The lowest BCUT2D eigenvalue weighted by Gasteiger charge is -2.33. The summed E-state index contributed by atoms with van der Waals surface area (Å²) in [5.74, 6) is 5.25. The molecule has 6 heteroatoms. The number of nitrogens with zero attached hydrogens (tertiary/aromatic N) is 4. The minimum Gasteiger partial charge on any atom is -0.356 e. The largest absolute Gasteiger partial charge is 0.356 e. The minimum absolute atomic E-state index is 0.447. The molecule has 3 rings (SSSR count). The first-order chi connectivity index (χ1) is 12.6. The molecular weight excluding hydrogens is 324 g/mol. The second-order valence-corrected chi connectivity index (χ2v) is 8.32. The zero-order valence-electron chi connectivity index (χ0n) is 17.0. The average Bonchev–Trinajstić information content (AvgIpc) is 3.05. The molecule has 0 spiro atoms. The number of hydrogen-bond acceptors (Lipinski definition) is 3. The third-order valence-corrected chi connectivity index (χ3v) is 6.56. The summed E-state index contributed by atoms with van der Waals surface area (Å²) in [6, 6.07) is 0.447. The molecule has 1 saturated carbocycles. The molecule has 0 aromatic carbocycles. The van der Waals surface area contributed by atoms with Crippen LogP contribution in [0.15, 0.2) is 4.99 Å². The SMILES string of the molecule is CN=C(NCC1CCc2nnc(C)n2C1)NC(C)C(C)C1CCCCC1. The van der Waals surface area contributed by atoms with E-state index < -0.39 is 0 Å². The second kappa shape index (κ2) is 8.87. The van der Waals surface area contributed by atoms with Crippen LogP contribution in [0, 0.1) is 24.7 Å². The molecule has 2 heterocycles. The van der Waals surface area contributed by atoms with Crippen molar-refractivity contribution in [2.24, 2.45) is 22.7 Å². The maximum Gasteiger partial charge on any atom is 0.191 e. The van der Waals surface area contributed by atoms with E-state index in [-0.39, 0.29) is 0 Å². The summed E-state index contributed by atoms with van der Waals surface area (Å²) < 4.78 is 2.26. The van der Waals surface area contributed by atoms with Gasteiger partial charge >= 0.3 is 0 Å². The van der Waals surface area contributed by atoms with Crippen molar-refractivity contribution >= 4 is 5.96 Å². The number of hydrogen-bond donors (Lipinski definition) is 2. The summed E-state index contributed by atoms with van der Waals surface area (Å²) in [4.78, 5) is 4.45. The smallest absolute Gasteiger partial charge is 0.191 e. The van der Waals surface area contributed by atoms with Crippen molar-refractivity contribution in [3.05, 3.63) is 11.6 Å². The zero-order valence-corrected chi connectivity index (χ0v) is 17.0. The number of aliphatic imine (C=N–C) groups is 1. The van der Waals surface area contributed by atoms with Gasteiger partial charge in [-0.15, -0.1) is 10.2 Å². The van der Waals surface area contributed by atoms with Crippen LogP contribution in [0.25, 0.3) is 0 Å². The number of nitrogens with one attached hydrogen (secondary N) is 2. The summed E-state index contributed by atoms with van der Waals surface area (Å²) in [7, 11) is 1.87. The fourth-order valence-electron chi connectivity index (χ4n) is 4.55. The first-order valence-electron chi connectivity index (χ1n) is 10.4. The lowest BCUT2D eigenvalue weighted by Crippen LogP contribution is -2.48. The number of aromatic nitrogens is 3. The highest BCUT2D eigenvalue weighted by molar-refractivity contribution is 5.79. The number of rotatable bonds is 5. The van der Waals surface area contributed by atoms with Gasteiger partial charge in [-0.25, -0.2) is 0 Å². The van der Waals surface area contributed by atoms with E-state index in [2.05, 4.69) is 44.2 Å². The highest BCUT2D eigenvalue weighted by atomic mass is 15.3. The van der Waals surface area contributed by atoms with Crippen LogP contribution in [0.5, 0.6) is 0 Å². The van der Waals surface area contributed by atoms with Gasteiger partial charge < -0.3 is 15.2 Å². The van der Waals surface area contributed by atoms with Gasteiger partial charge in [0.2, 0.25) is 0 Å². The molecular formula is C20H36N6. The highest BCUT2D eigenvalue weighted by Crippen LogP contribution is 2.31. The lowest BCUT2D eigenvalue weighted by molar-refractivity contribution is 0.229. The van der Waals surface area contributed by atoms with Gasteiger partial charge in [-0.1, -0.05) is 39.0 Å². The molecule has 0 saturated heterocycles. The molecule has 1 aromatic heterocycles. The Balaban J connectivity index is 1.46. The molecule has 2 N–H and O–H groups in total. The predicted octanol–water partition coefficient (Wildman–Crippen LogP) is 2.92. The Morgan fingerprint density at radius 3 is 2.69 bits per heavy atom. The second-order valence-electron chi connectivity index (χ2n) is 8.32. The van der Waals surface area contributed by atoms with Crippen molar-refractivity contribution in [1.82, 2.24) is 25.4 Å². The van der Waals surface area contributed by atoms with E-state index in [4.69, 9.17) is 0 Å². The molecule has 1 fully saturated rings. The van der Waals surface area contributed by atoms with Crippen molar-refractivity contribution in [2.75, 3.05) is 13.6 Å². The summed E-state index contributed by atoms with van der Waals surface area (Å²) >= 11 is 0. The van der Waals surface area contributed by atoms with E-state index >= 15 is 0 Å². The molecule has 1 aliphatic heterocycles. The fourth-order valence-corrected chi connectivity index (χ4v) is 4.55. The van der Waals surface area contributed by atoms with Gasteiger partial charge in [-0.2, -0.15) is 0 Å². The monoisotopic (exact) mass is 360 g/mol. The summed E-state index contributed by atoms with van der Waals surface area (Å²) in [6.45, 7) is 8.70. The fraction of sp³-hybridized carbons (Fsp3) is 0.850. The quantitative estimate of drug-likeness (QED) is 0.626. The number of fused-ring (bicyclic) bond motifs is 1. The van der Waals surface area contributed by atoms with Gasteiger partial charge in [0.25, 0.3) is 0 Å². The molecule has 0 bridgehead atoms. The van der Waals surface area contributed by atoms with Gasteiger partial charge in [0.05, 0.1) is 0 Å². The molecule has 3 unspecified atom stereocenters. The van der Waals surface area contributed by atoms with Crippen molar-refractivity contribution in [3.63, 3.8) is 0 Å². The molecule has 0 amide bonds. The Morgan fingerprint density at radius 2 is 1.96 bits per heavy atom. The Bertz CT molecular complexity index is 601. The molecule has 3 atom stereocenters. The van der Waals surface area contributed by atoms with Crippen LogP contribution < -0.4 is 10.6 Å². The standard InChI is InChI=1S/C20H36N6/c1-14(18-8-6-5-7-9-18)15(2)23-20(21-4)22-12-17-10-11-19-25-24-16(3)26(19)13-17/h14-15,17-18H,5-13H2,1-4H3,(H2,21,22,23). The maximum atomic E-state index is 4.45. The van der Waals surface area contributed by atoms with Gasteiger partial charge in [0.1, 0.15) is 11.6 Å². The van der Waals surface area contributed by atoms with Crippen LogP contribution in [-0.2, 0) is 13.0 Å². The van der Waals surface area contributed by atoms with E-state index in [1.54, 1.807) is 0 Å². The third kappa shape index (κ3) is 4.57. The van der Waals surface area contributed by atoms with Crippen LogP contribution in [0.1, 0.15) is 64.0 Å². The lowest BCUT2D eigenvalue weighted by atomic mass is 9.78. The first-order valence-corrected chi connectivity index (χ1v) is 10.4. The third-order valence-electron chi connectivity index (χ3n) is 6.56. The summed E-state index contributed by atoms with van der Waals surface area (Å²) in [6.07, 6.45) is 9.19. The van der Waals surface area contributed by atoms with Crippen molar-refractivity contribution in [2.45, 2.75) is 78.3 Å². The van der Waals surface area contributed by atoms with E-state index in [1.165, 1.54) is 32.1 Å². The first kappa shape index (κ1) is 19.2. The van der Waals surface area contributed by atoms with Crippen LogP contribution in [0.2, 0.25) is 0 Å². The molecule has 1 aliphatic carbocycles. The van der Waals surface area contributed by atoms with Crippen LogP contribution in [-0.4, -0.2) is 40.4 Å². The van der Waals surface area contributed by atoms with Gasteiger partial charge in [-0.05, 0) is 38.0 Å². The number of aryl methyl sites for hydroxylation is 2. The van der Waals surface area contributed by atoms with Gasteiger partial charge in [0.15, 0.2) is 5.96 Å². The highest BCUT2D eigenvalue weighted by Gasteiger charge is 2.25. The summed E-state index contributed by atoms with van der Waals surface area (Å²) in [5, 5.41) is 15.7. The molecule has 26 heavy (non-hydrogen) atoms. The topological polar surface area (TPSA) is 67.1 Å². The van der Waals surface area contributed by atoms with E-state index in [0.29, 0.717) is 17.9 Å².